The first kappa shape index (κ1) is 8.75. The van der Waals surface area contributed by atoms with Gasteiger partial charge in [-0.2, -0.15) is 0 Å². The first-order valence-corrected chi connectivity index (χ1v) is 6.65. The zero-order valence-corrected chi connectivity index (χ0v) is 10.4. The second-order valence-electron chi connectivity index (χ2n) is 5.25. The molecule has 0 saturated heterocycles. The largest absolute Gasteiger partial charge is 0.0868 e. The van der Waals surface area contributed by atoms with E-state index in [1.807, 2.05) is 0 Å². The summed E-state index contributed by atoms with van der Waals surface area (Å²) in [7, 11) is 0. The third-order valence-electron chi connectivity index (χ3n) is 4.40. The van der Waals surface area contributed by atoms with Crippen LogP contribution in [0.4, 0.5) is 0 Å². The van der Waals surface area contributed by atoms with Gasteiger partial charge >= 0.3 is 0 Å². The van der Waals surface area contributed by atoms with Gasteiger partial charge in [0, 0.05) is 3.42 Å². The first-order valence-electron chi connectivity index (χ1n) is 5.57. The van der Waals surface area contributed by atoms with Gasteiger partial charge in [-0.25, -0.2) is 0 Å². The van der Waals surface area contributed by atoms with E-state index in [1.165, 1.54) is 25.7 Å². The van der Waals surface area contributed by atoms with Crippen LogP contribution in [0.25, 0.3) is 0 Å². The molecule has 4 aliphatic rings. The predicted octanol–water partition coefficient (Wildman–Crippen LogP) is 3.95. The van der Waals surface area contributed by atoms with Crippen LogP contribution in [0.5, 0.6) is 0 Å². The van der Waals surface area contributed by atoms with Crippen LogP contribution >= 0.6 is 22.6 Å². The molecule has 4 fully saturated rings. The van der Waals surface area contributed by atoms with Crippen LogP contribution in [-0.2, 0) is 0 Å². The van der Waals surface area contributed by atoms with Crippen LogP contribution in [0.2, 0.25) is 0 Å². The maximum absolute atomic E-state index is 2.76. The Bertz CT molecular complexity index is 252. The summed E-state index contributed by atoms with van der Waals surface area (Å²) in [5.41, 5.74) is 1.81. The highest BCUT2D eigenvalue weighted by atomic mass is 127. The van der Waals surface area contributed by atoms with Crippen molar-refractivity contribution in [3.63, 3.8) is 0 Å². The molecule has 0 amide bonds. The fourth-order valence-electron chi connectivity index (χ4n) is 4.25. The topological polar surface area (TPSA) is 0 Å². The molecule has 1 heteroatoms. The van der Waals surface area contributed by atoms with Gasteiger partial charge in [0.25, 0.3) is 0 Å². The Balaban J connectivity index is 2.03. The Morgan fingerprint density at radius 2 is 1.85 bits per heavy atom. The summed E-state index contributed by atoms with van der Waals surface area (Å²) < 4.78 is 0.598. The molecule has 4 rings (SSSR count). The first-order chi connectivity index (χ1) is 6.21. The molecule has 0 heterocycles. The van der Waals surface area contributed by atoms with E-state index in [0.717, 1.165) is 17.8 Å². The quantitative estimate of drug-likeness (QED) is 0.360. The average Bonchev–Trinajstić information content (AvgIpc) is 2.00. The lowest BCUT2D eigenvalue weighted by molar-refractivity contribution is 0.0921. The molecule has 0 nitrogen and oxygen atoms in total. The summed E-state index contributed by atoms with van der Waals surface area (Å²) in [6.07, 6.45) is 9.98. The molecule has 72 valence electrons. The Morgan fingerprint density at radius 1 is 1.23 bits per heavy atom. The molecule has 4 saturated carbocycles. The summed E-state index contributed by atoms with van der Waals surface area (Å²) in [5.74, 6) is 3.14. The number of alkyl halides is 1. The predicted molar refractivity (Wildman–Crippen MR) is 64.1 cm³/mol. The zero-order chi connectivity index (χ0) is 9.05. The van der Waals surface area contributed by atoms with E-state index in [9.17, 15) is 0 Å². The highest BCUT2D eigenvalue weighted by molar-refractivity contribution is 14.1. The number of hydrogen-bond donors (Lipinski definition) is 0. The van der Waals surface area contributed by atoms with Gasteiger partial charge in [0.2, 0.25) is 0 Å². The molecule has 0 N–H and O–H groups in total. The number of halogens is 1. The molecular weight excluding hydrogens is 271 g/mol. The molecule has 0 radical (unpaired) electrons. The average molecular weight is 288 g/mol. The van der Waals surface area contributed by atoms with E-state index in [0.29, 0.717) is 3.42 Å². The van der Waals surface area contributed by atoms with Gasteiger partial charge in [0.1, 0.15) is 0 Å². The van der Waals surface area contributed by atoms with E-state index < -0.39 is 0 Å². The van der Waals surface area contributed by atoms with E-state index in [-0.39, 0.29) is 0 Å². The van der Waals surface area contributed by atoms with Crippen molar-refractivity contribution < 1.29 is 0 Å². The van der Waals surface area contributed by atoms with Crippen LogP contribution in [0.1, 0.15) is 39.0 Å². The lowest BCUT2D eigenvalue weighted by Gasteiger charge is -2.56. The van der Waals surface area contributed by atoms with Gasteiger partial charge in [0.05, 0.1) is 0 Å². The molecule has 4 bridgehead atoms. The van der Waals surface area contributed by atoms with Crippen molar-refractivity contribution in [2.45, 2.75) is 42.4 Å². The van der Waals surface area contributed by atoms with Gasteiger partial charge in [-0.05, 0) is 56.8 Å². The normalized spacial score (nSPS) is 56.2. The van der Waals surface area contributed by atoms with Crippen LogP contribution in [-0.4, -0.2) is 3.42 Å². The minimum absolute atomic E-state index is 0.598. The van der Waals surface area contributed by atoms with Crippen molar-refractivity contribution in [2.24, 2.45) is 17.8 Å². The Labute approximate surface area is 94.3 Å². The SMILES string of the molecule is C/C=C1\C2C[C@@H]3C[C@H](C2)CC1(I)C3. The summed E-state index contributed by atoms with van der Waals surface area (Å²) in [4.78, 5) is 0. The third kappa shape index (κ3) is 1.15. The van der Waals surface area contributed by atoms with Gasteiger partial charge in [-0.3, -0.25) is 0 Å². The van der Waals surface area contributed by atoms with Crippen LogP contribution in [0.3, 0.4) is 0 Å². The summed E-state index contributed by atoms with van der Waals surface area (Å²) in [5, 5.41) is 0. The molecule has 0 aromatic rings. The molecule has 0 aromatic heterocycles. The molecule has 4 aliphatic carbocycles. The Morgan fingerprint density at radius 3 is 2.31 bits per heavy atom. The van der Waals surface area contributed by atoms with Crippen molar-refractivity contribution in [1.29, 1.82) is 0 Å². The van der Waals surface area contributed by atoms with Gasteiger partial charge < -0.3 is 0 Å². The van der Waals surface area contributed by atoms with Crippen LogP contribution < -0.4 is 0 Å². The lowest BCUT2D eigenvalue weighted by atomic mass is 9.54. The molecule has 0 spiro atoms. The molecule has 0 aliphatic heterocycles. The minimum atomic E-state index is 0.598. The van der Waals surface area contributed by atoms with Gasteiger partial charge in [-0.15, -0.1) is 0 Å². The highest BCUT2D eigenvalue weighted by Gasteiger charge is 2.52. The fourth-order valence-corrected chi connectivity index (χ4v) is 6.24. The van der Waals surface area contributed by atoms with Crippen molar-refractivity contribution in [3.05, 3.63) is 11.6 Å². The minimum Gasteiger partial charge on any atom is -0.0868 e. The molecular formula is C12H17I. The number of hydrogen-bond acceptors (Lipinski definition) is 0. The second kappa shape index (κ2) is 2.74. The summed E-state index contributed by atoms with van der Waals surface area (Å²) in [6.45, 7) is 2.25. The smallest absolute Gasteiger partial charge is 0.0438 e. The van der Waals surface area contributed by atoms with Crippen LogP contribution in [0, 0.1) is 17.8 Å². The lowest BCUT2D eigenvalue weighted by Crippen LogP contribution is -2.48. The maximum Gasteiger partial charge on any atom is 0.0438 e. The molecule has 4 atom stereocenters. The third-order valence-corrected chi connectivity index (χ3v) is 5.90. The maximum atomic E-state index is 2.76. The summed E-state index contributed by atoms with van der Waals surface area (Å²) in [6, 6.07) is 0. The standard InChI is InChI=1S/C12H17I/c1-2-11-10-4-8-3-9(5-10)7-12(11,13)6-8/h2,8-10H,3-7H2,1H3/b11-2+/t8-,9+,10?,12?. The monoisotopic (exact) mass is 288 g/mol. The zero-order valence-electron chi connectivity index (χ0n) is 8.22. The van der Waals surface area contributed by atoms with Crippen molar-refractivity contribution in [3.8, 4) is 0 Å². The van der Waals surface area contributed by atoms with Crippen molar-refractivity contribution >= 4 is 22.6 Å². The number of allylic oxidation sites excluding steroid dienone is 2. The number of rotatable bonds is 0. The Hall–Kier alpha value is 0.470. The molecule has 2 unspecified atom stereocenters. The van der Waals surface area contributed by atoms with Crippen molar-refractivity contribution in [1.82, 2.24) is 0 Å². The highest BCUT2D eigenvalue weighted by Crippen LogP contribution is 2.61. The van der Waals surface area contributed by atoms with E-state index in [4.69, 9.17) is 0 Å². The van der Waals surface area contributed by atoms with E-state index >= 15 is 0 Å². The summed E-state index contributed by atoms with van der Waals surface area (Å²) >= 11 is 2.76. The van der Waals surface area contributed by atoms with Crippen molar-refractivity contribution in [2.75, 3.05) is 0 Å². The van der Waals surface area contributed by atoms with E-state index in [2.05, 4.69) is 35.6 Å². The second-order valence-corrected chi connectivity index (χ2v) is 7.32. The van der Waals surface area contributed by atoms with Crippen LogP contribution in [0.15, 0.2) is 11.6 Å². The van der Waals surface area contributed by atoms with Gasteiger partial charge in [-0.1, -0.05) is 34.2 Å². The molecule has 13 heavy (non-hydrogen) atoms. The van der Waals surface area contributed by atoms with E-state index in [1.54, 1.807) is 12.0 Å². The Kier molecular flexibility index (Phi) is 1.84. The molecule has 0 aromatic carbocycles. The van der Waals surface area contributed by atoms with Gasteiger partial charge in [0.15, 0.2) is 0 Å². The fraction of sp³-hybridized carbons (Fsp3) is 0.833.